The van der Waals surface area contributed by atoms with Gasteiger partial charge < -0.3 is 54.6 Å². The topological polar surface area (TPSA) is 240 Å². The fourth-order valence-electron chi connectivity index (χ4n) is 8.89. The zero-order valence-corrected chi connectivity index (χ0v) is 43.8. The van der Waals surface area contributed by atoms with Crippen molar-refractivity contribution >= 4 is 73.8 Å². The number of nitriles is 1. The molecule has 0 spiro atoms. The molecule has 0 saturated heterocycles. The van der Waals surface area contributed by atoms with Gasteiger partial charge in [0.25, 0.3) is 5.69 Å². The highest BCUT2D eigenvalue weighted by Gasteiger charge is 2.30. The van der Waals surface area contributed by atoms with Gasteiger partial charge in [0, 0.05) is 123 Å². The summed E-state index contributed by atoms with van der Waals surface area (Å²) >= 11 is 0. The Morgan fingerprint density at radius 3 is 1.75 bits per heavy atom. The standard InChI is InChI=1S/C27H29N9O3.C27H31N9O/c1-33(2)10-11-34(3)22-13-24(39-4)21(12-23(22)36(37)38)31-27-30-15-17(14-28)25(32-27)20-16-35(18-7-8-18)26-19(20)6-5-9-29-26;1-29-22-15-31-27(32-21-13-20(28)23(14-24(21)37-5)35(4)12-11-34(2)3)33-25(22)19-16-36(17-8-9-17)26-18(19)7-6-10-30-26/h5-6,9,12-13,15-16,18H,7-8,10-11H2,1-4H3,(H,30,31,32);6-7,10,13-17H,8-9,11-12,28H2,2-5H3,(H,31,32,33). The molecule has 0 aliphatic heterocycles. The van der Waals surface area contributed by atoms with Crippen LogP contribution in [0.25, 0.3) is 49.4 Å². The number of aromatic nitrogens is 8. The van der Waals surface area contributed by atoms with Crippen molar-refractivity contribution in [1.29, 1.82) is 5.26 Å². The van der Waals surface area contributed by atoms with Gasteiger partial charge in [-0.1, -0.05) is 0 Å². The molecule has 0 amide bonds. The Balaban J connectivity index is 0.000000186. The normalized spacial score (nSPS) is 13.0. The van der Waals surface area contributed by atoms with Crippen LogP contribution in [0.3, 0.4) is 0 Å². The van der Waals surface area contributed by atoms with Gasteiger partial charge in [0.1, 0.15) is 34.5 Å². The van der Waals surface area contributed by atoms with Gasteiger partial charge in [0.15, 0.2) is 0 Å². The molecular formula is C54H60N18O4. The minimum atomic E-state index is -0.420. The van der Waals surface area contributed by atoms with Gasteiger partial charge in [0.2, 0.25) is 17.6 Å². The van der Waals surface area contributed by atoms with Crippen LogP contribution in [-0.4, -0.2) is 136 Å². The van der Waals surface area contributed by atoms with E-state index in [1.165, 1.54) is 19.4 Å². The van der Waals surface area contributed by atoms with Crippen LogP contribution in [0.2, 0.25) is 0 Å². The quantitative estimate of drug-likeness (QED) is 0.0296. The third-order valence-corrected chi connectivity index (χ3v) is 13.3. The second-order valence-electron chi connectivity index (χ2n) is 19.3. The number of nitro benzene ring substituents is 1. The molecule has 2 saturated carbocycles. The summed E-state index contributed by atoms with van der Waals surface area (Å²) in [7, 11) is 14.9. The first-order valence-corrected chi connectivity index (χ1v) is 24.7. The lowest BCUT2D eigenvalue weighted by molar-refractivity contribution is -0.384. The van der Waals surface area contributed by atoms with E-state index in [4.69, 9.17) is 26.8 Å². The van der Waals surface area contributed by atoms with Crippen molar-refractivity contribution in [3.05, 3.63) is 113 Å². The van der Waals surface area contributed by atoms with Crippen LogP contribution in [0, 0.1) is 28.0 Å². The SMILES string of the molecule is COc1cc(N(C)CCN(C)C)c([N+](=O)[O-])cc1Nc1ncc(C#N)c(-c2cn(C3CC3)c3ncccc23)n1.[C-]#[N+]c1cnc(Nc2cc(N)c(N(C)CCN(C)C)cc2OC)nc1-c1cn(C2CC2)c2ncccc12. The van der Waals surface area contributed by atoms with Crippen LogP contribution in [0.5, 0.6) is 11.5 Å². The second kappa shape index (κ2) is 22.2. The first-order valence-electron chi connectivity index (χ1n) is 24.7. The molecule has 10 rings (SSSR count). The van der Waals surface area contributed by atoms with Gasteiger partial charge in [0.05, 0.1) is 71.6 Å². The number of nitrogens with two attached hydrogens (primary N) is 1. The summed E-state index contributed by atoms with van der Waals surface area (Å²) in [4.78, 5) is 50.7. The average molecular weight is 1030 g/mol. The monoisotopic (exact) mass is 1020 g/mol. The van der Waals surface area contributed by atoms with Gasteiger partial charge in [-0.3, -0.25) is 10.1 Å². The number of pyridine rings is 2. The number of nitro groups is 1. The van der Waals surface area contributed by atoms with Gasteiger partial charge in [-0.05, 0) is 84.2 Å². The Morgan fingerprint density at radius 2 is 1.25 bits per heavy atom. The molecule has 76 heavy (non-hydrogen) atoms. The number of methoxy groups -OCH3 is 2. The van der Waals surface area contributed by atoms with Crippen molar-refractivity contribution in [3.8, 4) is 40.1 Å². The van der Waals surface area contributed by atoms with Crippen LogP contribution >= 0.6 is 0 Å². The van der Waals surface area contributed by atoms with Crippen LogP contribution in [0.4, 0.5) is 51.7 Å². The van der Waals surface area contributed by atoms with Crippen molar-refractivity contribution in [2.24, 2.45) is 0 Å². The fraction of sp³-hybridized carbons (Fsp3) is 0.333. The number of nitrogens with one attached hydrogen (secondary N) is 2. The van der Waals surface area contributed by atoms with Crippen molar-refractivity contribution in [3.63, 3.8) is 0 Å². The summed E-state index contributed by atoms with van der Waals surface area (Å²) in [6.45, 7) is 10.7. The van der Waals surface area contributed by atoms with E-state index in [1.807, 2.05) is 87.6 Å². The van der Waals surface area contributed by atoms with E-state index in [-0.39, 0.29) is 11.6 Å². The van der Waals surface area contributed by atoms with Gasteiger partial charge in [-0.25, -0.2) is 34.7 Å². The number of anilines is 7. The van der Waals surface area contributed by atoms with Gasteiger partial charge >= 0.3 is 0 Å². The Kier molecular flexibility index (Phi) is 15.1. The zero-order valence-electron chi connectivity index (χ0n) is 43.8. The molecule has 2 aromatic carbocycles. The maximum atomic E-state index is 12.0. The highest BCUT2D eigenvalue weighted by molar-refractivity contribution is 5.97. The number of likely N-dealkylation sites (N-methyl/N-ethyl adjacent to an activating group) is 4. The molecule has 2 aliphatic carbocycles. The number of nitrogens with zero attached hydrogens (tertiary/aromatic N) is 15. The third kappa shape index (κ3) is 11.0. The van der Waals surface area contributed by atoms with Crippen molar-refractivity contribution in [2.75, 3.05) is 109 Å². The number of benzene rings is 2. The molecule has 390 valence electrons. The first-order chi connectivity index (χ1) is 36.7. The summed E-state index contributed by atoms with van der Waals surface area (Å²) in [6, 6.07) is 17.6. The van der Waals surface area contributed by atoms with E-state index in [2.05, 4.69) is 71.6 Å². The molecule has 0 radical (unpaired) electrons. The molecule has 22 nitrogen and oxygen atoms in total. The van der Waals surface area contributed by atoms with Crippen molar-refractivity contribution in [1.82, 2.24) is 48.8 Å². The smallest absolute Gasteiger partial charge is 0.294 e. The molecule has 0 bridgehead atoms. The second-order valence-corrected chi connectivity index (χ2v) is 19.3. The molecule has 6 heterocycles. The van der Waals surface area contributed by atoms with E-state index in [0.717, 1.165) is 84.2 Å². The van der Waals surface area contributed by atoms with Crippen LogP contribution in [0.1, 0.15) is 43.3 Å². The van der Waals surface area contributed by atoms with E-state index in [0.29, 0.717) is 81.5 Å². The third-order valence-electron chi connectivity index (χ3n) is 13.3. The molecule has 22 heteroatoms. The molecule has 8 aromatic rings. The molecular weight excluding hydrogens is 965 g/mol. The Morgan fingerprint density at radius 1 is 0.750 bits per heavy atom. The number of ether oxygens (including phenoxy) is 2. The Labute approximate surface area is 440 Å². The minimum absolute atomic E-state index is 0.0768. The minimum Gasteiger partial charge on any atom is -0.494 e. The summed E-state index contributed by atoms with van der Waals surface area (Å²) in [5.41, 5.74) is 14.4. The summed E-state index contributed by atoms with van der Waals surface area (Å²) in [5.74, 6) is 1.55. The predicted molar refractivity (Wildman–Crippen MR) is 296 cm³/mol. The number of fused-ring (bicyclic) bond motifs is 2. The summed E-state index contributed by atoms with van der Waals surface area (Å²) < 4.78 is 15.6. The molecule has 2 fully saturated rings. The van der Waals surface area contributed by atoms with Gasteiger partial charge in [-0.15, -0.1) is 0 Å². The largest absolute Gasteiger partial charge is 0.494 e. The summed E-state index contributed by atoms with van der Waals surface area (Å²) in [5, 5.41) is 30.0. The van der Waals surface area contributed by atoms with Crippen LogP contribution < -0.4 is 35.6 Å². The highest BCUT2D eigenvalue weighted by Crippen LogP contribution is 2.45. The lowest BCUT2D eigenvalue weighted by Crippen LogP contribution is -2.29. The molecule has 6 aromatic heterocycles. The highest BCUT2D eigenvalue weighted by atomic mass is 16.6. The number of nitrogen functional groups attached to an aromatic ring is 1. The fourth-order valence-corrected chi connectivity index (χ4v) is 8.89. The molecule has 0 atom stereocenters. The van der Waals surface area contributed by atoms with Crippen LogP contribution in [0.15, 0.2) is 85.7 Å². The lowest BCUT2D eigenvalue weighted by Gasteiger charge is -2.24. The summed E-state index contributed by atoms with van der Waals surface area (Å²) in [6.07, 6.45) is 15.0. The van der Waals surface area contributed by atoms with Gasteiger partial charge in [-0.2, -0.15) is 5.26 Å². The van der Waals surface area contributed by atoms with E-state index >= 15 is 0 Å². The number of hydrogen-bond acceptors (Lipinski definition) is 18. The van der Waals surface area contributed by atoms with Crippen molar-refractivity contribution < 1.29 is 14.4 Å². The number of hydrogen-bond donors (Lipinski definition) is 3. The van der Waals surface area contributed by atoms with E-state index in [1.54, 1.807) is 38.8 Å². The number of rotatable bonds is 19. The Bertz CT molecular complexity index is 3530. The molecule has 2 aliphatic rings. The zero-order chi connectivity index (χ0) is 53.8. The first kappa shape index (κ1) is 51.8. The predicted octanol–water partition coefficient (Wildman–Crippen LogP) is 9.07. The molecule has 0 unspecified atom stereocenters. The van der Waals surface area contributed by atoms with Crippen molar-refractivity contribution in [2.45, 2.75) is 37.8 Å². The van der Waals surface area contributed by atoms with E-state index in [9.17, 15) is 15.4 Å². The van der Waals surface area contributed by atoms with Crippen LogP contribution in [-0.2, 0) is 0 Å². The average Bonchev–Trinajstić information content (AvgIpc) is 4.38. The molecule has 4 N–H and O–H groups in total. The van der Waals surface area contributed by atoms with E-state index < -0.39 is 4.92 Å². The maximum absolute atomic E-state index is 12.0. The Hall–Kier alpha value is -9.12. The maximum Gasteiger partial charge on any atom is 0.294 e. The lowest BCUT2D eigenvalue weighted by atomic mass is 10.1.